The lowest BCUT2D eigenvalue weighted by molar-refractivity contribution is -0.387. The van der Waals surface area contributed by atoms with E-state index in [-0.39, 0.29) is 4.90 Å². The maximum atomic E-state index is 12.6. The second-order valence-corrected chi connectivity index (χ2v) is 6.85. The van der Waals surface area contributed by atoms with Gasteiger partial charge in [0.2, 0.25) is 0 Å². The molecule has 0 spiro atoms. The quantitative estimate of drug-likeness (QED) is 0.658. The molecule has 8 heteroatoms. The number of anilines is 1. The van der Waals surface area contributed by atoms with E-state index in [2.05, 4.69) is 10.0 Å². The number of nitro groups is 1. The molecule has 0 amide bonds. The molecule has 1 aliphatic heterocycles. The maximum absolute atomic E-state index is 12.6. The molecule has 3 rings (SSSR count). The smallest absolute Gasteiger partial charge is 0.289 e. The van der Waals surface area contributed by atoms with Crippen LogP contribution in [0.25, 0.3) is 0 Å². The number of nitrogens with zero attached hydrogens (tertiary/aromatic N) is 1. The molecule has 23 heavy (non-hydrogen) atoms. The van der Waals surface area contributed by atoms with Crippen molar-refractivity contribution >= 4 is 21.4 Å². The Labute approximate surface area is 133 Å². The van der Waals surface area contributed by atoms with Crippen molar-refractivity contribution in [1.82, 2.24) is 5.32 Å². The van der Waals surface area contributed by atoms with Crippen molar-refractivity contribution in [1.29, 1.82) is 0 Å². The first-order chi connectivity index (χ1) is 11.0. The van der Waals surface area contributed by atoms with E-state index in [0.717, 1.165) is 24.1 Å². The van der Waals surface area contributed by atoms with Gasteiger partial charge in [0.15, 0.2) is 4.90 Å². The Balaban J connectivity index is 2.02. The first kappa shape index (κ1) is 15.4. The van der Waals surface area contributed by atoms with Crippen LogP contribution in [0.5, 0.6) is 0 Å². The minimum Gasteiger partial charge on any atom is -0.312 e. The summed E-state index contributed by atoms with van der Waals surface area (Å²) in [5.41, 5.74) is 1.96. The summed E-state index contributed by atoms with van der Waals surface area (Å²) in [7, 11) is -4.04. The van der Waals surface area contributed by atoms with E-state index in [1.165, 1.54) is 24.3 Å². The Bertz CT molecular complexity index is 865. The molecule has 2 aromatic carbocycles. The number of nitro benzene ring substituents is 1. The van der Waals surface area contributed by atoms with E-state index in [0.29, 0.717) is 12.2 Å². The van der Waals surface area contributed by atoms with Gasteiger partial charge in [0.25, 0.3) is 15.7 Å². The van der Waals surface area contributed by atoms with E-state index in [4.69, 9.17) is 0 Å². The zero-order valence-corrected chi connectivity index (χ0v) is 13.0. The Morgan fingerprint density at radius 2 is 1.91 bits per heavy atom. The van der Waals surface area contributed by atoms with Crippen molar-refractivity contribution in [2.24, 2.45) is 0 Å². The average Bonchev–Trinajstić information content (AvgIpc) is 2.55. The van der Waals surface area contributed by atoms with Crippen LogP contribution in [0.4, 0.5) is 11.4 Å². The van der Waals surface area contributed by atoms with Crippen LogP contribution in [0.15, 0.2) is 47.4 Å². The van der Waals surface area contributed by atoms with Crippen LogP contribution in [0.2, 0.25) is 0 Å². The number of benzene rings is 2. The van der Waals surface area contributed by atoms with Gasteiger partial charge in [0, 0.05) is 12.6 Å². The molecule has 2 N–H and O–H groups in total. The van der Waals surface area contributed by atoms with Crippen LogP contribution in [-0.2, 0) is 23.0 Å². The second-order valence-electron chi connectivity index (χ2n) is 5.20. The number of nitrogens with one attached hydrogen (secondary N) is 2. The summed E-state index contributed by atoms with van der Waals surface area (Å²) >= 11 is 0. The highest BCUT2D eigenvalue weighted by atomic mass is 32.2. The highest BCUT2D eigenvalue weighted by Crippen LogP contribution is 2.28. The molecule has 1 heterocycles. The highest BCUT2D eigenvalue weighted by Gasteiger charge is 2.26. The highest BCUT2D eigenvalue weighted by molar-refractivity contribution is 7.92. The van der Waals surface area contributed by atoms with Gasteiger partial charge in [-0.05, 0) is 36.2 Å². The van der Waals surface area contributed by atoms with Gasteiger partial charge in [-0.3, -0.25) is 14.8 Å². The molecule has 0 saturated carbocycles. The molecule has 0 radical (unpaired) electrons. The summed E-state index contributed by atoms with van der Waals surface area (Å²) in [6.07, 6.45) is 0.816. The molecular formula is C15H15N3O4S. The fourth-order valence-electron chi connectivity index (χ4n) is 2.64. The van der Waals surface area contributed by atoms with Crippen molar-refractivity contribution in [3.63, 3.8) is 0 Å². The van der Waals surface area contributed by atoms with Crippen molar-refractivity contribution in [2.45, 2.75) is 17.9 Å². The third-order valence-corrected chi connectivity index (χ3v) is 5.15. The van der Waals surface area contributed by atoms with Crippen molar-refractivity contribution < 1.29 is 13.3 Å². The maximum Gasteiger partial charge on any atom is 0.289 e. The summed E-state index contributed by atoms with van der Waals surface area (Å²) < 4.78 is 27.6. The van der Waals surface area contributed by atoms with Crippen LogP contribution >= 0.6 is 0 Å². The van der Waals surface area contributed by atoms with Crippen LogP contribution < -0.4 is 10.0 Å². The summed E-state index contributed by atoms with van der Waals surface area (Å²) in [6, 6.07) is 10.7. The number of sulfonamides is 1. The van der Waals surface area contributed by atoms with E-state index in [9.17, 15) is 18.5 Å². The van der Waals surface area contributed by atoms with Gasteiger partial charge < -0.3 is 5.32 Å². The number of hydrogen-bond donors (Lipinski definition) is 2. The van der Waals surface area contributed by atoms with E-state index < -0.39 is 20.6 Å². The predicted molar refractivity (Wildman–Crippen MR) is 85.8 cm³/mol. The predicted octanol–water partition coefficient (Wildman–Crippen LogP) is 2.04. The first-order valence-electron chi connectivity index (χ1n) is 7.07. The van der Waals surface area contributed by atoms with Crippen molar-refractivity contribution in [2.75, 3.05) is 11.3 Å². The molecule has 120 valence electrons. The monoisotopic (exact) mass is 333 g/mol. The van der Waals surface area contributed by atoms with Crippen LogP contribution in [0, 0.1) is 10.1 Å². The van der Waals surface area contributed by atoms with Gasteiger partial charge >= 0.3 is 0 Å². The minimum absolute atomic E-state index is 0.341. The third-order valence-electron chi connectivity index (χ3n) is 3.74. The summed E-state index contributed by atoms with van der Waals surface area (Å²) in [5, 5.41) is 14.3. The largest absolute Gasteiger partial charge is 0.312 e. The summed E-state index contributed by atoms with van der Waals surface area (Å²) in [5.74, 6) is 0. The lowest BCUT2D eigenvalue weighted by atomic mass is 10.00. The van der Waals surface area contributed by atoms with Crippen LogP contribution in [0.1, 0.15) is 11.1 Å². The van der Waals surface area contributed by atoms with Gasteiger partial charge in [0.1, 0.15) is 0 Å². The van der Waals surface area contributed by atoms with E-state index in [1.54, 1.807) is 12.1 Å². The molecule has 0 atom stereocenters. The zero-order valence-electron chi connectivity index (χ0n) is 12.2. The first-order valence-corrected chi connectivity index (χ1v) is 8.55. The third kappa shape index (κ3) is 3.03. The molecule has 7 nitrogen and oxygen atoms in total. The van der Waals surface area contributed by atoms with Crippen LogP contribution in [0.3, 0.4) is 0 Å². The number of para-hydroxylation sites is 1. The Morgan fingerprint density at radius 3 is 2.70 bits per heavy atom. The van der Waals surface area contributed by atoms with Gasteiger partial charge in [0.05, 0.1) is 10.6 Å². The van der Waals surface area contributed by atoms with Crippen molar-refractivity contribution in [3.05, 3.63) is 63.7 Å². The molecule has 0 aromatic heterocycles. The molecule has 0 aliphatic carbocycles. The lowest BCUT2D eigenvalue weighted by Crippen LogP contribution is -2.25. The molecule has 0 saturated heterocycles. The van der Waals surface area contributed by atoms with Crippen LogP contribution in [-0.4, -0.2) is 19.9 Å². The summed E-state index contributed by atoms with van der Waals surface area (Å²) in [6.45, 7) is 1.40. The summed E-state index contributed by atoms with van der Waals surface area (Å²) in [4.78, 5) is 10.0. The average molecular weight is 333 g/mol. The molecule has 0 unspecified atom stereocenters. The van der Waals surface area contributed by atoms with Gasteiger partial charge in [-0.25, -0.2) is 8.42 Å². The molecule has 0 fully saturated rings. The zero-order chi connectivity index (χ0) is 16.4. The van der Waals surface area contributed by atoms with Crippen molar-refractivity contribution in [3.8, 4) is 0 Å². The SMILES string of the molecule is O=[N+]([O-])c1ccccc1S(=O)(=O)Nc1cccc2c1CNCC2. The fourth-order valence-corrected chi connectivity index (χ4v) is 3.91. The van der Waals surface area contributed by atoms with Gasteiger partial charge in [-0.1, -0.05) is 24.3 Å². The Morgan fingerprint density at radius 1 is 1.13 bits per heavy atom. The topological polar surface area (TPSA) is 101 Å². The number of hydrogen-bond acceptors (Lipinski definition) is 5. The number of fused-ring (bicyclic) bond motifs is 1. The molecule has 0 bridgehead atoms. The Hall–Kier alpha value is -2.45. The van der Waals surface area contributed by atoms with Gasteiger partial charge in [-0.2, -0.15) is 0 Å². The minimum atomic E-state index is -4.04. The van der Waals surface area contributed by atoms with E-state index >= 15 is 0 Å². The fraction of sp³-hybridized carbons (Fsp3) is 0.200. The normalized spacial score (nSPS) is 14.1. The molecule has 1 aliphatic rings. The Kier molecular flexibility index (Phi) is 4.01. The molecule has 2 aromatic rings. The second kappa shape index (κ2) is 5.98. The number of rotatable bonds is 4. The molecular weight excluding hydrogens is 318 g/mol. The standard InChI is InChI=1S/C15H15N3O4S/c19-18(20)14-6-1-2-7-15(14)23(21,22)17-13-5-3-4-11-8-9-16-10-12(11)13/h1-7,16-17H,8-10H2. The van der Waals surface area contributed by atoms with Gasteiger partial charge in [-0.15, -0.1) is 0 Å². The lowest BCUT2D eigenvalue weighted by Gasteiger charge is -2.21. The van der Waals surface area contributed by atoms with E-state index in [1.807, 2.05) is 6.07 Å².